The predicted octanol–water partition coefficient (Wildman–Crippen LogP) is 5.56. The van der Waals surface area contributed by atoms with E-state index in [4.69, 9.17) is 10.5 Å². The van der Waals surface area contributed by atoms with E-state index in [0.717, 1.165) is 29.5 Å². The van der Waals surface area contributed by atoms with Crippen LogP contribution in [0.25, 0.3) is 0 Å². The van der Waals surface area contributed by atoms with Crippen LogP contribution in [0.5, 0.6) is 5.75 Å². The van der Waals surface area contributed by atoms with Gasteiger partial charge in [-0.3, -0.25) is 0 Å². The van der Waals surface area contributed by atoms with Gasteiger partial charge in [0.25, 0.3) is 0 Å². The van der Waals surface area contributed by atoms with Crippen LogP contribution in [0.3, 0.4) is 0 Å². The van der Waals surface area contributed by atoms with Gasteiger partial charge in [-0.15, -0.1) is 0 Å². The van der Waals surface area contributed by atoms with E-state index in [1.54, 1.807) is 0 Å². The topological polar surface area (TPSA) is 35.2 Å². The lowest BCUT2D eigenvalue weighted by Crippen LogP contribution is -2.04. The second-order valence-electron chi connectivity index (χ2n) is 5.67. The number of nitrogens with two attached hydrogens (primary N) is 1. The van der Waals surface area contributed by atoms with Gasteiger partial charge in [0.05, 0.1) is 16.8 Å². The summed E-state index contributed by atoms with van der Waals surface area (Å²) in [6.07, 6.45) is 3.09. The molecule has 0 radical (unpaired) electrons. The third kappa shape index (κ3) is 4.51. The standard InChI is InChI=1S/C19H24BrNO/c1-3-14(2)16-12-17(20)19(18(21)13-16)22-11-7-10-15-8-5-4-6-9-15/h4-6,8-9,12-14H,3,7,10-11,21H2,1-2H3. The third-order valence-electron chi connectivity index (χ3n) is 3.98. The van der Waals surface area contributed by atoms with Crippen molar-refractivity contribution in [3.8, 4) is 5.75 Å². The van der Waals surface area contributed by atoms with Gasteiger partial charge < -0.3 is 10.5 Å². The van der Waals surface area contributed by atoms with E-state index in [9.17, 15) is 0 Å². The monoisotopic (exact) mass is 361 g/mol. The number of aryl methyl sites for hydroxylation is 1. The van der Waals surface area contributed by atoms with Gasteiger partial charge in [-0.25, -0.2) is 0 Å². The SMILES string of the molecule is CCC(C)c1cc(N)c(OCCCc2ccccc2)c(Br)c1. The van der Waals surface area contributed by atoms with Crippen LogP contribution in [-0.4, -0.2) is 6.61 Å². The molecular weight excluding hydrogens is 338 g/mol. The number of hydrogen-bond donors (Lipinski definition) is 1. The summed E-state index contributed by atoms with van der Waals surface area (Å²) < 4.78 is 6.83. The highest BCUT2D eigenvalue weighted by Crippen LogP contribution is 2.35. The van der Waals surface area contributed by atoms with Crippen LogP contribution >= 0.6 is 15.9 Å². The lowest BCUT2D eigenvalue weighted by Gasteiger charge is -2.15. The Balaban J connectivity index is 1.92. The zero-order chi connectivity index (χ0) is 15.9. The quantitative estimate of drug-likeness (QED) is 0.517. The number of halogens is 1. The predicted molar refractivity (Wildman–Crippen MR) is 97.5 cm³/mol. The van der Waals surface area contributed by atoms with Gasteiger partial charge in [-0.2, -0.15) is 0 Å². The Hall–Kier alpha value is -1.48. The minimum atomic E-state index is 0.505. The molecule has 0 amide bonds. The number of anilines is 1. The Labute approximate surface area is 141 Å². The smallest absolute Gasteiger partial charge is 0.156 e. The Bertz CT molecular complexity index is 575. The normalized spacial score (nSPS) is 12.1. The number of rotatable bonds is 7. The van der Waals surface area contributed by atoms with Crippen molar-refractivity contribution in [3.63, 3.8) is 0 Å². The molecule has 0 spiro atoms. The first kappa shape index (κ1) is 16.9. The third-order valence-corrected chi connectivity index (χ3v) is 4.56. The summed E-state index contributed by atoms with van der Waals surface area (Å²) in [6.45, 7) is 5.06. The molecule has 0 saturated heterocycles. The Morgan fingerprint density at radius 1 is 1.18 bits per heavy atom. The van der Waals surface area contributed by atoms with Gasteiger partial charge in [-0.1, -0.05) is 44.2 Å². The molecule has 0 saturated carbocycles. The molecule has 0 aromatic heterocycles. The molecule has 0 bridgehead atoms. The van der Waals surface area contributed by atoms with Crippen LogP contribution in [0.4, 0.5) is 5.69 Å². The highest BCUT2D eigenvalue weighted by Gasteiger charge is 2.11. The van der Waals surface area contributed by atoms with Gasteiger partial charge in [-0.05, 0) is 64.4 Å². The average molecular weight is 362 g/mol. The summed E-state index contributed by atoms with van der Waals surface area (Å²) in [5, 5.41) is 0. The van der Waals surface area contributed by atoms with Gasteiger partial charge >= 0.3 is 0 Å². The van der Waals surface area contributed by atoms with Gasteiger partial charge in [0.2, 0.25) is 0 Å². The number of ether oxygens (including phenoxy) is 1. The van der Waals surface area contributed by atoms with Crippen molar-refractivity contribution in [2.45, 2.75) is 39.0 Å². The van der Waals surface area contributed by atoms with E-state index >= 15 is 0 Å². The maximum Gasteiger partial charge on any atom is 0.156 e. The molecule has 118 valence electrons. The molecule has 0 aliphatic rings. The summed E-state index contributed by atoms with van der Waals surface area (Å²) in [5.41, 5.74) is 9.46. The van der Waals surface area contributed by atoms with E-state index in [1.165, 1.54) is 11.1 Å². The summed E-state index contributed by atoms with van der Waals surface area (Å²) >= 11 is 3.59. The average Bonchev–Trinajstić information content (AvgIpc) is 2.53. The Morgan fingerprint density at radius 3 is 2.55 bits per heavy atom. The zero-order valence-electron chi connectivity index (χ0n) is 13.3. The number of benzene rings is 2. The molecule has 2 rings (SSSR count). The van der Waals surface area contributed by atoms with Crippen molar-refractivity contribution < 1.29 is 4.74 Å². The molecule has 1 unspecified atom stereocenters. The van der Waals surface area contributed by atoms with Crippen molar-refractivity contribution in [1.82, 2.24) is 0 Å². The van der Waals surface area contributed by atoms with Crippen LogP contribution in [0.2, 0.25) is 0 Å². The molecule has 2 nitrogen and oxygen atoms in total. The summed E-state index contributed by atoms with van der Waals surface area (Å²) in [6, 6.07) is 14.6. The van der Waals surface area contributed by atoms with Crippen LogP contribution in [0.15, 0.2) is 46.9 Å². The summed E-state index contributed by atoms with van der Waals surface area (Å²) in [4.78, 5) is 0. The second kappa shape index (κ2) is 8.23. The second-order valence-corrected chi connectivity index (χ2v) is 6.52. The van der Waals surface area contributed by atoms with E-state index < -0.39 is 0 Å². The highest BCUT2D eigenvalue weighted by atomic mass is 79.9. The van der Waals surface area contributed by atoms with Crippen LogP contribution in [0.1, 0.15) is 43.7 Å². The fourth-order valence-electron chi connectivity index (χ4n) is 2.40. The number of hydrogen-bond acceptors (Lipinski definition) is 2. The van der Waals surface area contributed by atoms with Crippen LogP contribution in [0, 0.1) is 0 Å². The number of nitrogen functional groups attached to an aromatic ring is 1. The molecule has 2 aromatic carbocycles. The zero-order valence-corrected chi connectivity index (χ0v) is 14.9. The first-order valence-electron chi connectivity index (χ1n) is 7.87. The maximum atomic E-state index is 6.15. The van der Waals surface area contributed by atoms with Gasteiger partial charge in [0.15, 0.2) is 5.75 Å². The van der Waals surface area contributed by atoms with Crippen LogP contribution in [-0.2, 0) is 6.42 Å². The van der Waals surface area contributed by atoms with Gasteiger partial charge in [0.1, 0.15) is 0 Å². The molecule has 0 aliphatic carbocycles. The van der Waals surface area contributed by atoms with E-state index in [1.807, 2.05) is 12.1 Å². The molecule has 2 aromatic rings. The fourth-order valence-corrected chi connectivity index (χ4v) is 3.01. The van der Waals surface area contributed by atoms with Crippen molar-refractivity contribution in [2.75, 3.05) is 12.3 Å². The Morgan fingerprint density at radius 2 is 1.91 bits per heavy atom. The van der Waals surface area contributed by atoms with Crippen molar-refractivity contribution in [2.24, 2.45) is 0 Å². The molecule has 1 atom stereocenters. The molecular formula is C19H24BrNO. The van der Waals surface area contributed by atoms with Crippen molar-refractivity contribution in [3.05, 3.63) is 58.1 Å². The molecule has 3 heteroatoms. The molecule has 0 fully saturated rings. The molecule has 0 heterocycles. The largest absolute Gasteiger partial charge is 0.490 e. The van der Waals surface area contributed by atoms with Crippen molar-refractivity contribution in [1.29, 1.82) is 0 Å². The minimum absolute atomic E-state index is 0.505. The van der Waals surface area contributed by atoms with E-state index in [0.29, 0.717) is 18.2 Å². The first-order valence-corrected chi connectivity index (χ1v) is 8.66. The lowest BCUT2D eigenvalue weighted by atomic mass is 9.98. The molecule has 22 heavy (non-hydrogen) atoms. The van der Waals surface area contributed by atoms with Crippen LogP contribution < -0.4 is 10.5 Å². The van der Waals surface area contributed by atoms with Gasteiger partial charge in [0, 0.05) is 0 Å². The first-order chi connectivity index (χ1) is 10.6. The minimum Gasteiger partial charge on any atom is -0.490 e. The lowest BCUT2D eigenvalue weighted by molar-refractivity contribution is 0.310. The summed E-state index contributed by atoms with van der Waals surface area (Å²) in [5.74, 6) is 1.27. The maximum absolute atomic E-state index is 6.15. The van der Waals surface area contributed by atoms with Crippen molar-refractivity contribution >= 4 is 21.6 Å². The Kier molecular flexibility index (Phi) is 6.32. The highest BCUT2D eigenvalue weighted by molar-refractivity contribution is 9.10. The fraction of sp³-hybridized carbons (Fsp3) is 0.368. The molecule has 0 aliphatic heterocycles. The molecule has 2 N–H and O–H groups in total. The van der Waals surface area contributed by atoms with E-state index in [-0.39, 0.29) is 0 Å². The summed E-state index contributed by atoms with van der Waals surface area (Å²) in [7, 11) is 0. The van der Waals surface area contributed by atoms with E-state index in [2.05, 4.69) is 60.1 Å².